The molecule has 0 saturated carbocycles. The number of aryl methyl sites for hydroxylation is 1. The molecular weight excluding hydrogens is 424 g/mol. The van der Waals surface area contributed by atoms with Gasteiger partial charge in [0.2, 0.25) is 11.7 Å². The standard InChI is InChI=1S/C28H26N4O2/c1-32-27(30)31-28(34-32)16-26(23-11-5-8-19-7-2-3-10-22(19)23)33-25-13-12-21(15-24(25)28)20-9-4-6-18(14-20)17-29/h2-4,6-7,9-10,12-15,23,26H,5,8,11,16H2,1H3,(H2,30,31)/t23?,26-,28+/m0/s1. The highest BCUT2D eigenvalue weighted by molar-refractivity contribution is 5.79. The molecule has 0 aromatic heterocycles. The van der Waals surface area contributed by atoms with E-state index in [9.17, 15) is 5.26 Å². The first kappa shape index (κ1) is 20.8. The Morgan fingerprint density at radius 3 is 2.76 bits per heavy atom. The van der Waals surface area contributed by atoms with E-state index in [1.807, 2.05) is 30.3 Å². The van der Waals surface area contributed by atoms with E-state index in [0.717, 1.165) is 41.7 Å². The molecular formula is C28H26N4O2. The first-order valence-corrected chi connectivity index (χ1v) is 11.7. The van der Waals surface area contributed by atoms with Gasteiger partial charge in [0, 0.05) is 19.4 Å². The van der Waals surface area contributed by atoms with Crippen molar-refractivity contribution in [2.75, 3.05) is 7.05 Å². The fourth-order valence-electron chi connectivity index (χ4n) is 5.62. The van der Waals surface area contributed by atoms with Crippen LogP contribution in [0.4, 0.5) is 0 Å². The largest absolute Gasteiger partial charge is 0.489 e. The third-order valence-electron chi connectivity index (χ3n) is 7.25. The molecule has 34 heavy (non-hydrogen) atoms. The second kappa shape index (κ2) is 7.89. The Labute approximate surface area is 199 Å². The topological polar surface area (TPSA) is 83.9 Å². The van der Waals surface area contributed by atoms with Crippen molar-refractivity contribution in [3.63, 3.8) is 0 Å². The SMILES string of the molecule is CN1O[C@@]2(C[C@@H](C3CCCc4ccccc43)Oc3ccc(-c4cccc(C#N)c4)cc32)N=C1N. The van der Waals surface area contributed by atoms with Gasteiger partial charge in [-0.05, 0) is 65.8 Å². The molecule has 3 atom stereocenters. The van der Waals surface area contributed by atoms with Crippen LogP contribution in [-0.2, 0) is 17.0 Å². The molecule has 0 saturated heterocycles. The van der Waals surface area contributed by atoms with Crippen LogP contribution in [0.25, 0.3) is 11.1 Å². The lowest BCUT2D eigenvalue weighted by molar-refractivity contribution is -0.192. The predicted molar refractivity (Wildman–Crippen MR) is 130 cm³/mol. The number of hydroxylamine groups is 2. The second-order valence-electron chi connectivity index (χ2n) is 9.30. The highest BCUT2D eigenvalue weighted by Crippen LogP contribution is 2.50. The lowest BCUT2D eigenvalue weighted by atomic mass is 9.76. The van der Waals surface area contributed by atoms with Crippen molar-refractivity contribution >= 4 is 5.96 Å². The number of ether oxygens (including phenoxy) is 1. The van der Waals surface area contributed by atoms with Gasteiger partial charge in [0.15, 0.2) is 0 Å². The zero-order valence-corrected chi connectivity index (χ0v) is 19.1. The summed E-state index contributed by atoms with van der Waals surface area (Å²) >= 11 is 0. The smallest absolute Gasteiger partial charge is 0.221 e. The molecule has 3 aliphatic rings. The molecule has 0 fully saturated rings. The molecule has 6 rings (SSSR count). The zero-order chi connectivity index (χ0) is 23.3. The molecule has 0 bridgehead atoms. The minimum atomic E-state index is -0.938. The molecule has 0 radical (unpaired) electrons. The van der Waals surface area contributed by atoms with Crippen LogP contribution in [0.5, 0.6) is 5.75 Å². The molecule has 3 aromatic rings. The van der Waals surface area contributed by atoms with Gasteiger partial charge >= 0.3 is 0 Å². The van der Waals surface area contributed by atoms with Crippen molar-refractivity contribution in [1.29, 1.82) is 5.26 Å². The van der Waals surface area contributed by atoms with E-state index >= 15 is 0 Å². The number of guanidine groups is 1. The summed E-state index contributed by atoms with van der Waals surface area (Å²) in [5.41, 5.74) is 11.5. The zero-order valence-electron chi connectivity index (χ0n) is 19.1. The number of nitrogens with zero attached hydrogens (tertiary/aromatic N) is 3. The van der Waals surface area contributed by atoms with Crippen molar-refractivity contribution in [2.24, 2.45) is 10.7 Å². The van der Waals surface area contributed by atoms with Crippen molar-refractivity contribution in [2.45, 2.75) is 43.4 Å². The van der Waals surface area contributed by atoms with E-state index < -0.39 is 5.72 Å². The summed E-state index contributed by atoms with van der Waals surface area (Å²) in [6, 6.07) is 24.6. The number of aliphatic imine (C=N–C) groups is 1. The summed E-state index contributed by atoms with van der Waals surface area (Å²) in [7, 11) is 1.79. The molecule has 6 nitrogen and oxygen atoms in total. The average molecular weight is 451 g/mol. The van der Waals surface area contributed by atoms with Crippen LogP contribution < -0.4 is 10.5 Å². The van der Waals surface area contributed by atoms with Gasteiger partial charge < -0.3 is 10.5 Å². The van der Waals surface area contributed by atoms with E-state index in [1.165, 1.54) is 11.1 Å². The van der Waals surface area contributed by atoms with E-state index in [-0.39, 0.29) is 12.0 Å². The highest BCUT2D eigenvalue weighted by Gasteiger charge is 2.50. The number of hydrogen-bond donors (Lipinski definition) is 1. The van der Waals surface area contributed by atoms with E-state index in [4.69, 9.17) is 20.3 Å². The Morgan fingerprint density at radius 1 is 1.09 bits per heavy atom. The second-order valence-corrected chi connectivity index (χ2v) is 9.30. The quantitative estimate of drug-likeness (QED) is 0.604. The monoisotopic (exact) mass is 450 g/mol. The van der Waals surface area contributed by atoms with Crippen LogP contribution in [-0.4, -0.2) is 24.2 Å². The Bertz CT molecular complexity index is 1340. The third-order valence-corrected chi connectivity index (χ3v) is 7.25. The number of fused-ring (bicyclic) bond motifs is 3. The molecule has 6 heteroatoms. The van der Waals surface area contributed by atoms with Gasteiger partial charge in [0.05, 0.1) is 17.2 Å². The van der Waals surface area contributed by atoms with Crippen molar-refractivity contribution < 1.29 is 9.57 Å². The van der Waals surface area contributed by atoms with Crippen molar-refractivity contribution in [3.8, 4) is 22.9 Å². The van der Waals surface area contributed by atoms with Crippen LogP contribution in [0.2, 0.25) is 0 Å². The van der Waals surface area contributed by atoms with Crippen LogP contribution >= 0.6 is 0 Å². The van der Waals surface area contributed by atoms with Crippen LogP contribution in [0.15, 0.2) is 71.7 Å². The maximum atomic E-state index is 9.32. The van der Waals surface area contributed by atoms with E-state index in [1.54, 1.807) is 18.2 Å². The van der Waals surface area contributed by atoms with Crippen LogP contribution in [0, 0.1) is 11.3 Å². The summed E-state index contributed by atoms with van der Waals surface area (Å²) in [5.74, 6) is 1.40. The molecule has 2 aliphatic heterocycles. The Morgan fingerprint density at radius 2 is 1.94 bits per heavy atom. The number of hydrogen-bond acceptors (Lipinski definition) is 6. The molecule has 1 unspecified atom stereocenters. The molecule has 0 amide bonds. The van der Waals surface area contributed by atoms with E-state index in [0.29, 0.717) is 17.9 Å². The van der Waals surface area contributed by atoms with Crippen molar-refractivity contribution in [1.82, 2.24) is 5.06 Å². The third kappa shape index (κ3) is 3.32. The number of nitriles is 1. The summed E-state index contributed by atoms with van der Waals surface area (Å²) < 4.78 is 6.66. The fraction of sp³-hybridized carbons (Fsp3) is 0.286. The minimum absolute atomic E-state index is 0.0789. The number of nitrogens with two attached hydrogens (primary N) is 1. The lowest BCUT2D eigenvalue weighted by Crippen LogP contribution is -2.42. The van der Waals surface area contributed by atoms with Gasteiger partial charge in [-0.2, -0.15) is 5.26 Å². The minimum Gasteiger partial charge on any atom is -0.489 e. The van der Waals surface area contributed by atoms with Gasteiger partial charge in [0.1, 0.15) is 11.9 Å². The lowest BCUT2D eigenvalue weighted by Gasteiger charge is -2.41. The van der Waals surface area contributed by atoms with Gasteiger partial charge in [-0.3, -0.25) is 0 Å². The molecule has 2 heterocycles. The van der Waals surface area contributed by atoms with Gasteiger partial charge in [0.25, 0.3) is 0 Å². The molecule has 1 aliphatic carbocycles. The Balaban J connectivity index is 1.44. The average Bonchev–Trinajstić information content (AvgIpc) is 3.16. The molecule has 170 valence electrons. The predicted octanol–water partition coefficient (Wildman–Crippen LogP) is 4.84. The van der Waals surface area contributed by atoms with E-state index in [2.05, 4.69) is 36.4 Å². The fourth-order valence-corrected chi connectivity index (χ4v) is 5.62. The van der Waals surface area contributed by atoms with Gasteiger partial charge in [-0.1, -0.05) is 42.5 Å². The molecule has 3 aromatic carbocycles. The van der Waals surface area contributed by atoms with Gasteiger partial charge in [-0.25, -0.2) is 14.9 Å². The van der Waals surface area contributed by atoms with Crippen LogP contribution in [0.1, 0.15) is 47.4 Å². The Kier molecular flexibility index (Phi) is 4.82. The number of benzene rings is 3. The summed E-state index contributed by atoms with van der Waals surface area (Å²) in [5, 5.41) is 10.9. The molecule has 1 spiro atoms. The van der Waals surface area contributed by atoms with Crippen LogP contribution in [0.3, 0.4) is 0 Å². The first-order valence-electron chi connectivity index (χ1n) is 11.7. The maximum Gasteiger partial charge on any atom is 0.221 e. The summed E-state index contributed by atoms with van der Waals surface area (Å²) in [6.07, 6.45) is 3.82. The van der Waals surface area contributed by atoms with Crippen molar-refractivity contribution in [3.05, 3.63) is 89.0 Å². The summed E-state index contributed by atoms with van der Waals surface area (Å²) in [6.45, 7) is 0. The van der Waals surface area contributed by atoms with Gasteiger partial charge in [-0.15, -0.1) is 0 Å². The number of rotatable bonds is 2. The normalized spacial score (nSPS) is 25.2. The summed E-state index contributed by atoms with van der Waals surface area (Å²) in [4.78, 5) is 11.2. The highest BCUT2D eigenvalue weighted by atomic mass is 16.7. The molecule has 2 N–H and O–H groups in total. The first-order chi connectivity index (χ1) is 16.6. The maximum absolute atomic E-state index is 9.32. The Hall–Kier alpha value is -3.82.